The van der Waals surface area contributed by atoms with Crippen molar-refractivity contribution in [1.82, 2.24) is 25.3 Å². The third-order valence-corrected chi connectivity index (χ3v) is 7.20. The first kappa shape index (κ1) is 29.1. The molecular formula is C26H37Cl2N5O4. The van der Waals surface area contributed by atoms with E-state index in [1.165, 1.54) is 0 Å². The van der Waals surface area contributed by atoms with Crippen LogP contribution in [-0.4, -0.2) is 83.6 Å². The van der Waals surface area contributed by atoms with Crippen LogP contribution in [0, 0.1) is 0 Å². The lowest BCUT2D eigenvalue weighted by molar-refractivity contribution is -0.139. The Morgan fingerprint density at radius 3 is 2.49 bits per heavy atom. The zero-order valence-electron chi connectivity index (χ0n) is 22.4. The van der Waals surface area contributed by atoms with Crippen LogP contribution in [0.25, 0.3) is 0 Å². The van der Waals surface area contributed by atoms with Gasteiger partial charge in [-0.05, 0) is 53.2 Å². The number of nitrogens with one attached hydrogen (secondary N) is 2. The fourth-order valence-corrected chi connectivity index (χ4v) is 5.13. The molecule has 9 nitrogen and oxygen atoms in total. The predicted octanol–water partition coefficient (Wildman–Crippen LogP) is 4.41. The van der Waals surface area contributed by atoms with Crippen LogP contribution in [0.1, 0.15) is 53.1 Å². The van der Waals surface area contributed by atoms with E-state index < -0.39 is 12.0 Å². The SMILES string of the molecule is CCOC(=O)C1=C(CN2CCN(C(=O)NC(C)(C)C)C(C)C2)N(CC)C(=O)NC1c1cccc(Cl)c1Cl. The van der Waals surface area contributed by atoms with Crippen molar-refractivity contribution in [3.05, 3.63) is 45.1 Å². The molecule has 2 unspecified atom stereocenters. The zero-order chi connectivity index (χ0) is 27.5. The summed E-state index contributed by atoms with van der Waals surface area (Å²) in [5.74, 6) is -0.520. The van der Waals surface area contributed by atoms with Crippen LogP contribution in [0.2, 0.25) is 10.0 Å². The van der Waals surface area contributed by atoms with Crippen molar-refractivity contribution in [2.75, 3.05) is 39.3 Å². The minimum atomic E-state index is -0.813. The van der Waals surface area contributed by atoms with Crippen LogP contribution >= 0.6 is 23.2 Å². The summed E-state index contributed by atoms with van der Waals surface area (Å²) in [6, 6.07) is 3.82. The molecule has 3 rings (SSSR count). The highest BCUT2D eigenvalue weighted by Crippen LogP contribution is 2.38. The maximum absolute atomic E-state index is 13.3. The van der Waals surface area contributed by atoms with Crippen LogP contribution in [0.3, 0.4) is 0 Å². The highest BCUT2D eigenvalue weighted by atomic mass is 35.5. The van der Waals surface area contributed by atoms with Crippen molar-refractivity contribution < 1.29 is 19.1 Å². The van der Waals surface area contributed by atoms with E-state index in [0.29, 0.717) is 54.6 Å². The second-order valence-corrected chi connectivity index (χ2v) is 11.1. The van der Waals surface area contributed by atoms with E-state index in [0.717, 1.165) is 0 Å². The summed E-state index contributed by atoms with van der Waals surface area (Å²) in [6.07, 6.45) is 0. The molecule has 11 heteroatoms. The van der Waals surface area contributed by atoms with Crippen molar-refractivity contribution in [1.29, 1.82) is 0 Å². The first-order chi connectivity index (χ1) is 17.4. The highest BCUT2D eigenvalue weighted by Gasteiger charge is 2.40. The van der Waals surface area contributed by atoms with Crippen molar-refractivity contribution in [3.8, 4) is 0 Å². The van der Waals surface area contributed by atoms with Gasteiger partial charge in [-0.3, -0.25) is 9.80 Å². The largest absolute Gasteiger partial charge is 0.463 e. The molecule has 0 bridgehead atoms. The lowest BCUT2D eigenvalue weighted by atomic mass is 9.94. The number of carbonyl (C=O) groups excluding carboxylic acids is 3. The van der Waals surface area contributed by atoms with Crippen molar-refractivity contribution >= 4 is 41.2 Å². The minimum absolute atomic E-state index is 0.0617. The van der Waals surface area contributed by atoms with E-state index >= 15 is 0 Å². The Balaban J connectivity index is 1.97. The molecule has 2 heterocycles. The zero-order valence-corrected chi connectivity index (χ0v) is 23.9. The van der Waals surface area contributed by atoms with E-state index in [4.69, 9.17) is 27.9 Å². The number of hydrogen-bond donors (Lipinski definition) is 2. The Bertz CT molecular complexity index is 1070. The predicted molar refractivity (Wildman–Crippen MR) is 145 cm³/mol. The molecule has 1 saturated heterocycles. The molecule has 0 saturated carbocycles. The number of rotatable bonds is 6. The van der Waals surface area contributed by atoms with Gasteiger partial charge in [0.2, 0.25) is 0 Å². The molecule has 204 valence electrons. The number of likely N-dealkylation sites (N-methyl/N-ethyl adjacent to an activating group) is 1. The van der Waals surface area contributed by atoms with Crippen molar-refractivity contribution in [2.24, 2.45) is 0 Å². The standard InChI is InChI=1S/C26H37Cl2N5O4/c1-7-32-19(15-31-12-13-33(16(3)14-31)25(36)30-26(4,5)6)20(23(34)37-8-2)22(29-24(32)35)17-10-9-11-18(27)21(17)28/h9-11,16,22H,7-8,12-15H2,1-6H3,(H,29,35)(H,30,36). The van der Waals surface area contributed by atoms with E-state index in [-0.39, 0.29) is 35.3 Å². The number of nitrogens with zero attached hydrogens (tertiary/aromatic N) is 3. The molecule has 2 aliphatic heterocycles. The average Bonchev–Trinajstić information content (AvgIpc) is 2.79. The smallest absolute Gasteiger partial charge is 0.338 e. The number of urea groups is 2. The second kappa shape index (κ2) is 11.9. The van der Waals surface area contributed by atoms with Crippen LogP contribution in [0.15, 0.2) is 29.5 Å². The monoisotopic (exact) mass is 553 g/mol. The van der Waals surface area contributed by atoms with Gasteiger partial charge in [0.1, 0.15) is 0 Å². The van der Waals surface area contributed by atoms with E-state index in [1.54, 1.807) is 30.0 Å². The quantitative estimate of drug-likeness (QED) is 0.509. The van der Waals surface area contributed by atoms with Gasteiger partial charge in [0.25, 0.3) is 0 Å². The molecule has 1 aromatic carbocycles. The summed E-state index contributed by atoms with van der Waals surface area (Å²) in [4.78, 5) is 44.8. The van der Waals surface area contributed by atoms with E-state index in [1.807, 2.05) is 39.5 Å². The van der Waals surface area contributed by atoms with Gasteiger partial charge < -0.3 is 20.3 Å². The molecule has 2 aliphatic rings. The number of amides is 4. The van der Waals surface area contributed by atoms with E-state index in [2.05, 4.69) is 15.5 Å². The van der Waals surface area contributed by atoms with Gasteiger partial charge in [0.15, 0.2) is 0 Å². The molecule has 0 radical (unpaired) electrons. The Morgan fingerprint density at radius 1 is 1.19 bits per heavy atom. The molecule has 0 spiro atoms. The van der Waals surface area contributed by atoms with Crippen LogP contribution in [-0.2, 0) is 9.53 Å². The molecule has 0 aliphatic carbocycles. The molecule has 1 aromatic rings. The summed E-state index contributed by atoms with van der Waals surface area (Å²) in [5.41, 5.74) is 1.08. The van der Waals surface area contributed by atoms with Gasteiger partial charge in [0.05, 0.1) is 28.3 Å². The maximum atomic E-state index is 13.3. The molecule has 2 atom stereocenters. The lowest BCUT2D eigenvalue weighted by Crippen LogP contribution is -2.59. The molecule has 37 heavy (non-hydrogen) atoms. The summed E-state index contributed by atoms with van der Waals surface area (Å²) < 4.78 is 5.44. The van der Waals surface area contributed by atoms with Gasteiger partial charge in [-0.2, -0.15) is 0 Å². The van der Waals surface area contributed by atoms with Crippen molar-refractivity contribution in [3.63, 3.8) is 0 Å². The fourth-order valence-electron chi connectivity index (χ4n) is 4.72. The van der Waals surface area contributed by atoms with Crippen LogP contribution < -0.4 is 10.6 Å². The maximum Gasteiger partial charge on any atom is 0.338 e. The number of esters is 1. The summed E-state index contributed by atoms with van der Waals surface area (Å²) in [5, 5.41) is 6.54. The number of ether oxygens (including phenoxy) is 1. The number of carbonyl (C=O) groups is 3. The lowest BCUT2D eigenvalue weighted by Gasteiger charge is -2.43. The van der Waals surface area contributed by atoms with Gasteiger partial charge in [-0.1, -0.05) is 35.3 Å². The first-order valence-electron chi connectivity index (χ1n) is 12.6. The summed E-state index contributed by atoms with van der Waals surface area (Å²) in [6.45, 7) is 14.0. The summed E-state index contributed by atoms with van der Waals surface area (Å²) in [7, 11) is 0. The number of piperazine rings is 1. The van der Waals surface area contributed by atoms with Crippen LogP contribution in [0.5, 0.6) is 0 Å². The van der Waals surface area contributed by atoms with E-state index in [9.17, 15) is 14.4 Å². The molecule has 1 fully saturated rings. The normalized spacial score (nSPS) is 21.1. The highest BCUT2D eigenvalue weighted by molar-refractivity contribution is 6.42. The molecule has 2 N–H and O–H groups in total. The Hall–Kier alpha value is -2.49. The number of benzene rings is 1. The summed E-state index contributed by atoms with van der Waals surface area (Å²) >= 11 is 12.8. The number of hydrogen-bond acceptors (Lipinski definition) is 5. The van der Waals surface area contributed by atoms with Gasteiger partial charge in [-0.25, -0.2) is 14.4 Å². The first-order valence-corrected chi connectivity index (χ1v) is 13.4. The molecular weight excluding hydrogens is 517 g/mol. The Labute approximate surface area is 229 Å². The number of halogens is 2. The Morgan fingerprint density at radius 2 is 1.89 bits per heavy atom. The third kappa shape index (κ3) is 6.69. The molecule has 4 amide bonds. The van der Waals surface area contributed by atoms with Gasteiger partial charge in [-0.15, -0.1) is 0 Å². The van der Waals surface area contributed by atoms with Crippen molar-refractivity contribution in [2.45, 2.75) is 59.2 Å². The molecule has 0 aromatic heterocycles. The average molecular weight is 555 g/mol. The second-order valence-electron chi connectivity index (χ2n) is 10.3. The third-order valence-electron chi connectivity index (χ3n) is 6.37. The Kier molecular flexibility index (Phi) is 9.37. The van der Waals surface area contributed by atoms with Gasteiger partial charge in [0, 0.05) is 50.0 Å². The van der Waals surface area contributed by atoms with Crippen LogP contribution in [0.4, 0.5) is 9.59 Å². The minimum Gasteiger partial charge on any atom is -0.463 e. The van der Waals surface area contributed by atoms with Gasteiger partial charge >= 0.3 is 18.0 Å². The topological polar surface area (TPSA) is 94.2 Å². The fraction of sp³-hybridized carbons (Fsp3) is 0.577.